The Kier molecular flexibility index (Phi) is 4.08. The third kappa shape index (κ3) is 2.98. The van der Waals surface area contributed by atoms with Crippen LogP contribution in [0.25, 0.3) is 0 Å². The predicted molar refractivity (Wildman–Crippen MR) is 78.1 cm³/mol. The largest absolute Gasteiger partial charge is 0.399 e. The summed E-state index contributed by atoms with van der Waals surface area (Å²) in [4.78, 5) is -0.562. The van der Waals surface area contributed by atoms with E-state index in [2.05, 4.69) is 4.72 Å². The molecule has 0 saturated heterocycles. The highest BCUT2D eigenvalue weighted by molar-refractivity contribution is 7.92. The fourth-order valence-electron chi connectivity index (χ4n) is 1.51. The van der Waals surface area contributed by atoms with Crippen molar-refractivity contribution in [3.05, 3.63) is 52.3 Å². The molecule has 0 unspecified atom stereocenters. The molecular weight excluding hydrogens is 326 g/mol. The first-order valence-corrected chi connectivity index (χ1v) is 7.57. The highest BCUT2D eigenvalue weighted by Crippen LogP contribution is 2.31. The summed E-state index contributed by atoms with van der Waals surface area (Å²) >= 11 is 11.7. The molecule has 20 heavy (non-hydrogen) atoms. The molecule has 0 heterocycles. The summed E-state index contributed by atoms with van der Waals surface area (Å²) in [7, 11) is -4.15. The van der Waals surface area contributed by atoms with Gasteiger partial charge in [0.2, 0.25) is 0 Å². The van der Waals surface area contributed by atoms with Crippen LogP contribution < -0.4 is 10.5 Å². The lowest BCUT2D eigenvalue weighted by Crippen LogP contribution is -2.15. The van der Waals surface area contributed by atoms with Gasteiger partial charge in [-0.2, -0.15) is 0 Å². The Morgan fingerprint density at radius 3 is 2.55 bits per heavy atom. The SMILES string of the molecule is Nc1ccc(F)c(S(=O)(=O)Nc2cccc(Cl)c2Cl)c1. The van der Waals surface area contributed by atoms with Crippen molar-refractivity contribution in [1.82, 2.24) is 0 Å². The van der Waals surface area contributed by atoms with Crippen LogP contribution in [0.15, 0.2) is 41.3 Å². The monoisotopic (exact) mass is 334 g/mol. The minimum absolute atomic E-state index is 0.0297. The van der Waals surface area contributed by atoms with Crippen LogP contribution in [0.2, 0.25) is 10.0 Å². The molecule has 0 fully saturated rings. The average Bonchev–Trinajstić information content (AvgIpc) is 2.37. The van der Waals surface area contributed by atoms with E-state index in [9.17, 15) is 12.8 Å². The highest BCUT2D eigenvalue weighted by atomic mass is 35.5. The van der Waals surface area contributed by atoms with Crippen LogP contribution in [-0.4, -0.2) is 8.42 Å². The van der Waals surface area contributed by atoms with E-state index in [1.807, 2.05) is 0 Å². The van der Waals surface area contributed by atoms with Crippen molar-refractivity contribution in [2.45, 2.75) is 4.90 Å². The zero-order valence-corrected chi connectivity index (χ0v) is 12.2. The number of rotatable bonds is 3. The molecule has 2 rings (SSSR count). The van der Waals surface area contributed by atoms with Crippen LogP contribution in [0.1, 0.15) is 0 Å². The first-order chi connectivity index (χ1) is 9.31. The Labute approximate surface area is 125 Å². The van der Waals surface area contributed by atoms with Crippen LogP contribution in [0.3, 0.4) is 0 Å². The first kappa shape index (κ1) is 14.9. The Morgan fingerprint density at radius 2 is 1.85 bits per heavy atom. The number of benzene rings is 2. The molecule has 0 bridgehead atoms. The average molecular weight is 335 g/mol. The van der Waals surface area contributed by atoms with Crippen LogP contribution in [0.5, 0.6) is 0 Å². The molecule has 0 radical (unpaired) electrons. The molecule has 0 spiro atoms. The van der Waals surface area contributed by atoms with Gasteiger partial charge in [-0.3, -0.25) is 4.72 Å². The van der Waals surface area contributed by atoms with Crippen molar-refractivity contribution in [2.24, 2.45) is 0 Å². The third-order valence-corrected chi connectivity index (χ3v) is 4.64. The molecule has 0 aromatic heterocycles. The standard InChI is InChI=1S/C12H9Cl2FN2O2S/c13-8-2-1-3-10(12(8)14)17-20(18,19)11-6-7(16)4-5-9(11)15/h1-6,17H,16H2. The van der Waals surface area contributed by atoms with Gasteiger partial charge in [0.15, 0.2) is 0 Å². The molecule has 106 valence electrons. The van der Waals surface area contributed by atoms with Gasteiger partial charge in [0.05, 0.1) is 15.7 Å². The van der Waals surface area contributed by atoms with Crippen LogP contribution >= 0.6 is 23.2 Å². The lowest BCUT2D eigenvalue weighted by molar-refractivity contribution is 0.570. The first-order valence-electron chi connectivity index (χ1n) is 5.33. The number of hydrogen-bond donors (Lipinski definition) is 2. The highest BCUT2D eigenvalue weighted by Gasteiger charge is 2.21. The van der Waals surface area contributed by atoms with Gasteiger partial charge in [-0.1, -0.05) is 29.3 Å². The summed E-state index contributed by atoms with van der Waals surface area (Å²) in [6, 6.07) is 7.70. The van der Waals surface area contributed by atoms with Crippen molar-refractivity contribution in [3.63, 3.8) is 0 Å². The molecule has 0 amide bonds. The van der Waals surface area contributed by atoms with E-state index in [1.165, 1.54) is 24.3 Å². The van der Waals surface area contributed by atoms with E-state index in [-0.39, 0.29) is 21.4 Å². The maximum Gasteiger partial charge on any atom is 0.264 e. The van der Waals surface area contributed by atoms with Gasteiger partial charge in [-0.25, -0.2) is 12.8 Å². The molecule has 2 aromatic carbocycles. The van der Waals surface area contributed by atoms with E-state index < -0.39 is 20.7 Å². The van der Waals surface area contributed by atoms with Crippen LogP contribution in [-0.2, 0) is 10.0 Å². The van der Waals surface area contributed by atoms with Gasteiger partial charge in [0.25, 0.3) is 10.0 Å². The number of nitrogens with two attached hydrogens (primary N) is 1. The number of hydrogen-bond acceptors (Lipinski definition) is 3. The summed E-state index contributed by atoms with van der Waals surface area (Å²) in [5, 5.41) is 0.210. The zero-order valence-electron chi connectivity index (χ0n) is 9.90. The minimum atomic E-state index is -4.15. The maximum absolute atomic E-state index is 13.6. The Balaban J connectivity index is 2.46. The molecule has 0 aliphatic carbocycles. The summed E-state index contributed by atoms with van der Waals surface area (Å²) in [6.07, 6.45) is 0. The van der Waals surface area contributed by atoms with Gasteiger partial charge < -0.3 is 5.73 Å². The number of sulfonamides is 1. The Morgan fingerprint density at radius 1 is 1.15 bits per heavy atom. The van der Waals surface area contributed by atoms with Crippen LogP contribution in [0.4, 0.5) is 15.8 Å². The fourth-order valence-corrected chi connectivity index (χ4v) is 3.10. The molecule has 0 atom stereocenters. The van der Waals surface area contributed by atoms with Gasteiger partial charge in [0.1, 0.15) is 10.7 Å². The molecule has 0 aliphatic rings. The van der Waals surface area contributed by atoms with Crippen molar-refractivity contribution in [3.8, 4) is 0 Å². The summed E-state index contributed by atoms with van der Waals surface area (Å²) in [6.45, 7) is 0. The van der Waals surface area contributed by atoms with E-state index in [0.29, 0.717) is 0 Å². The number of halogens is 3. The third-order valence-electron chi connectivity index (χ3n) is 2.44. The number of nitrogens with one attached hydrogen (secondary N) is 1. The van der Waals surface area contributed by atoms with Crippen LogP contribution in [0, 0.1) is 5.82 Å². The van der Waals surface area contributed by atoms with E-state index in [0.717, 1.165) is 12.1 Å². The number of anilines is 2. The summed E-state index contributed by atoms with van der Waals surface area (Å²) in [5.74, 6) is -0.912. The lowest BCUT2D eigenvalue weighted by atomic mass is 10.3. The summed E-state index contributed by atoms with van der Waals surface area (Å²) < 4.78 is 40.0. The van der Waals surface area contributed by atoms with E-state index in [4.69, 9.17) is 28.9 Å². The maximum atomic E-state index is 13.6. The minimum Gasteiger partial charge on any atom is -0.399 e. The lowest BCUT2D eigenvalue weighted by Gasteiger charge is -2.11. The summed E-state index contributed by atoms with van der Waals surface area (Å²) in [5.41, 5.74) is 5.65. The molecule has 4 nitrogen and oxygen atoms in total. The quantitative estimate of drug-likeness (QED) is 0.843. The normalized spacial score (nSPS) is 11.3. The second kappa shape index (κ2) is 5.47. The second-order valence-electron chi connectivity index (χ2n) is 3.90. The molecule has 0 aliphatic heterocycles. The molecular formula is C12H9Cl2FN2O2S. The molecule has 8 heteroatoms. The van der Waals surface area contributed by atoms with Gasteiger partial charge in [0, 0.05) is 5.69 Å². The van der Waals surface area contributed by atoms with Crippen molar-refractivity contribution < 1.29 is 12.8 Å². The Bertz CT molecular complexity index is 766. The predicted octanol–water partition coefficient (Wildman–Crippen LogP) is 3.52. The van der Waals surface area contributed by atoms with Crippen molar-refractivity contribution in [1.29, 1.82) is 0 Å². The Hall–Kier alpha value is -1.50. The van der Waals surface area contributed by atoms with Crippen molar-refractivity contribution in [2.75, 3.05) is 10.5 Å². The van der Waals surface area contributed by atoms with E-state index in [1.54, 1.807) is 0 Å². The number of nitrogen functional groups attached to an aromatic ring is 1. The van der Waals surface area contributed by atoms with Gasteiger partial charge in [-0.05, 0) is 30.3 Å². The fraction of sp³-hybridized carbons (Fsp3) is 0. The van der Waals surface area contributed by atoms with E-state index >= 15 is 0 Å². The molecule has 3 N–H and O–H groups in total. The smallest absolute Gasteiger partial charge is 0.264 e. The van der Waals surface area contributed by atoms with Gasteiger partial charge in [-0.15, -0.1) is 0 Å². The second-order valence-corrected chi connectivity index (χ2v) is 6.33. The molecule has 0 saturated carbocycles. The zero-order chi connectivity index (χ0) is 14.9. The topological polar surface area (TPSA) is 72.2 Å². The molecule has 2 aromatic rings. The van der Waals surface area contributed by atoms with Gasteiger partial charge >= 0.3 is 0 Å². The van der Waals surface area contributed by atoms with Crippen molar-refractivity contribution >= 4 is 44.6 Å².